The van der Waals surface area contributed by atoms with Gasteiger partial charge in [-0.2, -0.15) is 0 Å². The Morgan fingerprint density at radius 1 is 0.893 bits per heavy atom. The minimum absolute atomic E-state index is 0.196. The molecule has 3 aromatic rings. The van der Waals surface area contributed by atoms with Gasteiger partial charge in [0.25, 0.3) is 0 Å². The third-order valence-corrected chi connectivity index (χ3v) is 4.34. The second-order valence-corrected chi connectivity index (χ2v) is 6.45. The second kappa shape index (κ2) is 9.20. The summed E-state index contributed by atoms with van der Waals surface area (Å²) < 4.78 is 10.6. The van der Waals surface area contributed by atoms with E-state index in [1.54, 1.807) is 24.3 Å². The maximum Gasteiger partial charge on any atom is 0.342 e. The van der Waals surface area contributed by atoms with Crippen LogP contribution in [0.5, 0.6) is 5.75 Å². The van der Waals surface area contributed by atoms with Crippen LogP contribution in [0, 0.1) is 0 Å². The number of ether oxygens (including phenoxy) is 2. The summed E-state index contributed by atoms with van der Waals surface area (Å²) in [6, 6.07) is 21.8. The maximum atomic E-state index is 12.4. The van der Waals surface area contributed by atoms with Gasteiger partial charge in [-0.1, -0.05) is 66.2 Å². The first-order chi connectivity index (χ1) is 13.6. The number of carbonyl (C=O) groups is 2. The number of Topliss-reactive ketones (excluding diaryl/α,β-unsaturated/α-hetero) is 1. The summed E-state index contributed by atoms with van der Waals surface area (Å²) in [5.74, 6) is -0.565. The van der Waals surface area contributed by atoms with Gasteiger partial charge in [0.1, 0.15) is 11.3 Å². The quantitative estimate of drug-likeness (QED) is 0.395. The highest BCUT2D eigenvalue weighted by Crippen LogP contribution is 2.24. The Morgan fingerprint density at radius 2 is 1.57 bits per heavy atom. The van der Waals surface area contributed by atoms with Crippen molar-refractivity contribution in [3.63, 3.8) is 0 Å². The van der Waals surface area contributed by atoms with E-state index in [0.29, 0.717) is 22.9 Å². The van der Waals surface area contributed by atoms with Crippen molar-refractivity contribution >= 4 is 23.4 Å². The number of rotatable bonds is 7. The monoisotopic (exact) mass is 394 g/mol. The molecule has 0 fully saturated rings. The normalized spacial score (nSPS) is 10.4. The number of hydrogen-bond donors (Lipinski definition) is 0. The van der Waals surface area contributed by atoms with E-state index in [0.717, 1.165) is 11.1 Å². The van der Waals surface area contributed by atoms with Crippen molar-refractivity contribution in [2.75, 3.05) is 13.2 Å². The van der Waals surface area contributed by atoms with Crippen LogP contribution in [-0.2, 0) is 4.74 Å². The van der Waals surface area contributed by atoms with Gasteiger partial charge in [0.2, 0.25) is 0 Å². The molecule has 0 aromatic heterocycles. The SMILES string of the molecule is CCOc1ccc(Cl)cc1C(=O)OCC(=O)c1ccc(-c2ccccc2)cc1. The minimum Gasteiger partial charge on any atom is -0.493 e. The summed E-state index contributed by atoms with van der Waals surface area (Å²) in [7, 11) is 0. The van der Waals surface area contributed by atoms with Gasteiger partial charge in [-0.3, -0.25) is 4.79 Å². The topological polar surface area (TPSA) is 52.6 Å². The number of esters is 1. The van der Waals surface area contributed by atoms with Gasteiger partial charge in [0.15, 0.2) is 12.4 Å². The molecule has 0 radical (unpaired) electrons. The molecule has 0 aliphatic heterocycles. The molecule has 28 heavy (non-hydrogen) atoms. The van der Waals surface area contributed by atoms with Gasteiger partial charge in [-0.15, -0.1) is 0 Å². The van der Waals surface area contributed by atoms with Crippen LogP contribution in [-0.4, -0.2) is 25.0 Å². The highest BCUT2D eigenvalue weighted by atomic mass is 35.5. The van der Waals surface area contributed by atoms with E-state index in [1.807, 2.05) is 49.4 Å². The average molecular weight is 395 g/mol. The van der Waals surface area contributed by atoms with Gasteiger partial charge >= 0.3 is 5.97 Å². The fraction of sp³-hybridized carbons (Fsp3) is 0.130. The highest BCUT2D eigenvalue weighted by Gasteiger charge is 2.17. The van der Waals surface area contributed by atoms with E-state index >= 15 is 0 Å². The number of ketones is 1. The van der Waals surface area contributed by atoms with Gasteiger partial charge in [-0.25, -0.2) is 4.79 Å². The van der Waals surface area contributed by atoms with Crippen LogP contribution in [0.15, 0.2) is 72.8 Å². The molecule has 0 unspecified atom stereocenters. The Bertz CT molecular complexity index is 966. The van der Waals surface area contributed by atoms with Gasteiger partial charge in [0.05, 0.1) is 6.61 Å². The Kier molecular flexibility index (Phi) is 6.45. The number of carbonyl (C=O) groups excluding carboxylic acids is 2. The number of benzene rings is 3. The molecule has 3 rings (SSSR count). The molecule has 0 spiro atoms. The van der Waals surface area contributed by atoms with Crippen LogP contribution >= 0.6 is 11.6 Å². The summed E-state index contributed by atoms with van der Waals surface area (Å²) in [6.45, 7) is 1.85. The van der Waals surface area contributed by atoms with Crippen LogP contribution in [0.25, 0.3) is 11.1 Å². The molecule has 5 heteroatoms. The number of halogens is 1. The molecule has 0 saturated carbocycles. The van der Waals surface area contributed by atoms with Crippen LogP contribution in [0.4, 0.5) is 0 Å². The fourth-order valence-corrected chi connectivity index (χ4v) is 2.89. The lowest BCUT2D eigenvalue weighted by atomic mass is 10.0. The smallest absolute Gasteiger partial charge is 0.342 e. The molecule has 0 aliphatic carbocycles. The third-order valence-electron chi connectivity index (χ3n) is 4.11. The Balaban J connectivity index is 1.66. The van der Waals surface area contributed by atoms with Crippen molar-refractivity contribution in [1.82, 2.24) is 0 Å². The van der Waals surface area contributed by atoms with E-state index in [1.165, 1.54) is 6.07 Å². The molecule has 142 valence electrons. The molecule has 0 N–H and O–H groups in total. The minimum atomic E-state index is -0.653. The molecule has 0 heterocycles. The third kappa shape index (κ3) is 4.78. The van der Waals surface area contributed by atoms with Crippen LogP contribution in [0.2, 0.25) is 5.02 Å². The van der Waals surface area contributed by atoms with E-state index < -0.39 is 5.97 Å². The summed E-state index contributed by atoms with van der Waals surface area (Å²) in [6.07, 6.45) is 0. The van der Waals surface area contributed by atoms with Crippen molar-refractivity contribution < 1.29 is 19.1 Å². The largest absolute Gasteiger partial charge is 0.493 e. The average Bonchev–Trinajstić information content (AvgIpc) is 2.74. The summed E-state index contributed by atoms with van der Waals surface area (Å²) >= 11 is 5.95. The lowest BCUT2D eigenvalue weighted by Crippen LogP contribution is -2.15. The highest BCUT2D eigenvalue weighted by molar-refractivity contribution is 6.31. The zero-order chi connectivity index (χ0) is 19.9. The summed E-state index contributed by atoms with van der Waals surface area (Å²) in [4.78, 5) is 24.7. The van der Waals surface area contributed by atoms with Crippen molar-refractivity contribution in [1.29, 1.82) is 0 Å². The van der Waals surface area contributed by atoms with Crippen molar-refractivity contribution in [3.05, 3.63) is 88.9 Å². The lowest BCUT2D eigenvalue weighted by molar-refractivity contribution is 0.0471. The first-order valence-corrected chi connectivity index (χ1v) is 9.24. The Morgan fingerprint density at radius 3 is 2.25 bits per heavy atom. The molecule has 0 aliphatic rings. The van der Waals surface area contributed by atoms with Crippen molar-refractivity contribution in [3.8, 4) is 16.9 Å². The predicted octanol–water partition coefficient (Wildman–Crippen LogP) is 5.45. The van der Waals surface area contributed by atoms with Crippen molar-refractivity contribution in [2.24, 2.45) is 0 Å². The summed E-state index contributed by atoms with van der Waals surface area (Å²) in [5, 5.41) is 0.387. The van der Waals surface area contributed by atoms with Crippen LogP contribution < -0.4 is 4.74 Å². The molecule has 4 nitrogen and oxygen atoms in total. The van der Waals surface area contributed by atoms with Crippen molar-refractivity contribution in [2.45, 2.75) is 6.92 Å². The lowest BCUT2D eigenvalue weighted by Gasteiger charge is -2.10. The second-order valence-electron chi connectivity index (χ2n) is 6.02. The van der Waals surface area contributed by atoms with E-state index in [-0.39, 0.29) is 18.0 Å². The number of hydrogen-bond acceptors (Lipinski definition) is 4. The molecular weight excluding hydrogens is 376 g/mol. The molecular formula is C23H19ClO4. The zero-order valence-electron chi connectivity index (χ0n) is 15.4. The molecule has 0 atom stereocenters. The van der Waals surface area contributed by atoms with Gasteiger partial charge in [0, 0.05) is 10.6 Å². The molecule has 0 amide bonds. The van der Waals surface area contributed by atoms with Gasteiger partial charge < -0.3 is 9.47 Å². The maximum absolute atomic E-state index is 12.4. The Hall–Kier alpha value is -3.11. The van der Waals surface area contributed by atoms with E-state index in [2.05, 4.69) is 0 Å². The zero-order valence-corrected chi connectivity index (χ0v) is 16.1. The predicted molar refractivity (Wildman–Crippen MR) is 109 cm³/mol. The van der Waals surface area contributed by atoms with E-state index in [4.69, 9.17) is 21.1 Å². The fourth-order valence-electron chi connectivity index (χ4n) is 2.71. The van der Waals surface area contributed by atoms with Gasteiger partial charge in [-0.05, 0) is 36.2 Å². The first-order valence-electron chi connectivity index (χ1n) is 8.86. The molecule has 0 bridgehead atoms. The Labute approximate surface area is 168 Å². The standard InChI is InChI=1S/C23H19ClO4/c1-2-27-22-13-12-19(24)14-20(22)23(26)28-15-21(25)18-10-8-17(9-11-18)16-6-4-3-5-7-16/h3-14H,2,15H2,1H3. The molecule has 3 aromatic carbocycles. The summed E-state index contributed by atoms with van der Waals surface area (Å²) in [5.41, 5.74) is 2.75. The molecule has 0 saturated heterocycles. The van der Waals surface area contributed by atoms with E-state index in [9.17, 15) is 9.59 Å². The first kappa shape index (κ1) is 19.6. The van der Waals surface area contributed by atoms with Crippen LogP contribution in [0.1, 0.15) is 27.6 Å². The van der Waals surface area contributed by atoms with Crippen LogP contribution in [0.3, 0.4) is 0 Å².